The molecule has 0 spiro atoms. The van der Waals surface area contributed by atoms with Crippen LogP contribution in [-0.4, -0.2) is 99.9 Å². The molecule has 5 N–H and O–H groups in total. The Morgan fingerprint density at radius 1 is 1.11 bits per heavy atom. The van der Waals surface area contributed by atoms with E-state index in [1.807, 2.05) is 6.92 Å². The van der Waals surface area contributed by atoms with E-state index in [0.717, 1.165) is 12.7 Å². The highest BCUT2D eigenvalue weighted by atomic mass is 16.8. The normalized spacial score (nSPS) is 45.5. The van der Waals surface area contributed by atoms with E-state index in [2.05, 4.69) is 0 Å². The van der Waals surface area contributed by atoms with Crippen molar-refractivity contribution in [2.24, 2.45) is 23.7 Å². The first-order valence-corrected chi connectivity index (χ1v) is 13.0. The van der Waals surface area contributed by atoms with Gasteiger partial charge in [0.2, 0.25) is 6.29 Å². The minimum Gasteiger partial charge on any atom is -0.468 e. The number of carbonyl (C=O) groups excluding carboxylic acids is 2. The van der Waals surface area contributed by atoms with E-state index in [9.17, 15) is 35.1 Å². The summed E-state index contributed by atoms with van der Waals surface area (Å²) in [5.41, 5.74) is -0.724. The molecule has 3 fully saturated rings. The van der Waals surface area contributed by atoms with Crippen LogP contribution in [0.2, 0.25) is 0 Å². The molecule has 11 atom stereocenters. The van der Waals surface area contributed by atoms with Gasteiger partial charge in [-0.3, -0.25) is 4.79 Å². The molecule has 214 valence electrons. The van der Waals surface area contributed by atoms with Crippen molar-refractivity contribution < 1.29 is 58.8 Å². The average molecular weight is 543 g/mol. The predicted octanol–water partition coefficient (Wildman–Crippen LogP) is -0.491. The van der Waals surface area contributed by atoms with Crippen LogP contribution in [0.25, 0.3) is 0 Å². The van der Waals surface area contributed by atoms with Crippen molar-refractivity contribution in [1.82, 2.24) is 0 Å². The van der Waals surface area contributed by atoms with Gasteiger partial charge in [0, 0.05) is 23.3 Å². The summed E-state index contributed by atoms with van der Waals surface area (Å²) in [5, 5.41) is 51.3. The number of ether oxygens (including phenoxy) is 5. The number of aliphatic hydroxyl groups is 5. The number of allylic oxidation sites excluding steroid dienone is 1. The SMILES string of the molecule is C/C=C1/C(O[C@@H]2O[C@H](CO)[C@@H](O)[C@H](O)[C@H]2O)OC=C2C(=O)OCC(C)C3(O)CCC(C)C3COC(=O)CC21. The maximum atomic E-state index is 13.1. The quantitative estimate of drug-likeness (QED) is 0.228. The topological polar surface area (TPSA) is 181 Å². The predicted molar refractivity (Wildman–Crippen MR) is 128 cm³/mol. The lowest BCUT2D eigenvalue weighted by molar-refractivity contribution is -0.327. The van der Waals surface area contributed by atoms with Crippen molar-refractivity contribution in [2.45, 2.75) is 82.6 Å². The molecule has 0 radical (unpaired) electrons. The summed E-state index contributed by atoms with van der Waals surface area (Å²) in [4.78, 5) is 26.1. The molecule has 0 amide bonds. The van der Waals surface area contributed by atoms with Gasteiger partial charge >= 0.3 is 11.9 Å². The molecule has 1 aliphatic carbocycles. The lowest BCUT2D eigenvalue weighted by Gasteiger charge is -2.42. The van der Waals surface area contributed by atoms with Crippen LogP contribution in [0.1, 0.15) is 40.0 Å². The summed E-state index contributed by atoms with van der Waals surface area (Å²) >= 11 is 0. The minimum atomic E-state index is -1.67. The highest BCUT2D eigenvalue weighted by molar-refractivity contribution is 5.91. The van der Waals surface area contributed by atoms with Gasteiger partial charge in [0.25, 0.3) is 0 Å². The van der Waals surface area contributed by atoms with Crippen molar-refractivity contribution in [3.63, 3.8) is 0 Å². The molecule has 3 heterocycles. The summed E-state index contributed by atoms with van der Waals surface area (Å²) < 4.78 is 28.0. The molecule has 2 saturated heterocycles. The Balaban J connectivity index is 1.57. The molecule has 0 aromatic heterocycles. The molecule has 4 rings (SSSR count). The molecular formula is C26H38O12. The molecule has 0 aromatic rings. The van der Waals surface area contributed by atoms with Gasteiger partial charge < -0.3 is 49.2 Å². The van der Waals surface area contributed by atoms with Crippen LogP contribution in [0.4, 0.5) is 0 Å². The summed E-state index contributed by atoms with van der Waals surface area (Å²) in [5.74, 6) is -2.73. The van der Waals surface area contributed by atoms with Crippen molar-refractivity contribution in [2.75, 3.05) is 19.8 Å². The average Bonchev–Trinajstić information content (AvgIpc) is 3.19. The minimum absolute atomic E-state index is 0.0347. The number of rotatable bonds is 3. The van der Waals surface area contributed by atoms with Crippen LogP contribution in [0.5, 0.6) is 0 Å². The first kappa shape index (κ1) is 28.9. The third-order valence-corrected chi connectivity index (χ3v) is 8.49. The van der Waals surface area contributed by atoms with E-state index in [1.165, 1.54) is 0 Å². The smallest absolute Gasteiger partial charge is 0.337 e. The Morgan fingerprint density at radius 3 is 2.53 bits per heavy atom. The van der Waals surface area contributed by atoms with E-state index in [0.29, 0.717) is 12.0 Å². The van der Waals surface area contributed by atoms with Gasteiger partial charge in [-0.05, 0) is 25.7 Å². The van der Waals surface area contributed by atoms with Gasteiger partial charge in [-0.1, -0.05) is 19.9 Å². The van der Waals surface area contributed by atoms with Gasteiger partial charge in [0.05, 0.1) is 43.7 Å². The summed E-state index contributed by atoms with van der Waals surface area (Å²) in [6, 6.07) is 0. The van der Waals surface area contributed by atoms with E-state index in [-0.39, 0.29) is 37.0 Å². The Hall–Kier alpha value is -2.06. The number of hydrogen-bond donors (Lipinski definition) is 5. The number of hydrogen-bond acceptors (Lipinski definition) is 12. The van der Waals surface area contributed by atoms with Crippen LogP contribution in [-0.2, 0) is 33.3 Å². The van der Waals surface area contributed by atoms with E-state index >= 15 is 0 Å². The Bertz CT molecular complexity index is 947. The van der Waals surface area contributed by atoms with Gasteiger partial charge in [-0.2, -0.15) is 0 Å². The van der Waals surface area contributed by atoms with Gasteiger partial charge in [0.1, 0.15) is 24.4 Å². The largest absolute Gasteiger partial charge is 0.468 e. The van der Waals surface area contributed by atoms with Crippen molar-refractivity contribution in [1.29, 1.82) is 0 Å². The number of cyclic esters (lactones) is 2. The summed E-state index contributed by atoms with van der Waals surface area (Å²) in [7, 11) is 0. The second-order valence-corrected chi connectivity index (χ2v) is 10.7. The Labute approximate surface area is 220 Å². The molecule has 0 aromatic carbocycles. The zero-order valence-electron chi connectivity index (χ0n) is 21.8. The van der Waals surface area contributed by atoms with Gasteiger partial charge in [0.15, 0.2) is 6.29 Å². The summed E-state index contributed by atoms with van der Waals surface area (Å²) in [6.45, 7) is 4.82. The molecule has 6 unspecified atom stereocenters. The molecule has 3 aliphatic heterocycles. The van der Waals surface area contributed by atoms with Gasteiger partial charge in [-0.15, -0.1) is 0 Å². The zero-order valence-corrected chi connectivity index (χ0v) is 21.8. The number of esters is 2. The van der Waals surface area contributed by atoms with Crippen molar-refractivity contribution in [3.05, 3.63) is 23.5 Å². The highest BCUT2D eigenvalue weighted by Gasteiger charge is 2.51. The molecule has 38 heavy (non-hydrogen) atoms. The van der Waals surface area contributed by atoms with E-state index < -0.39 is 73.0 Å². The highest BCUT2D eigenvalue weighted by Crippen LogP contribution is 2.45. The van der Waals surface area contributed by atoms with Crippen LogP contribution in [0.3, 0.4) is 0 Å². The lowest BCUT2D eigenvalue weighted by atomic mass is 9.78. The van der Waals surface area contributed by atoms with Crippen LogP contribution < -0.4 is 0 Å². The molecule has 1 saturated carbocycles. The molecule has 4 aliphatic rings. The third kappa shape index (κ3) is 5.35. The maximum absolute atomic E-state index is 13.1. The molecule has 12 heteroatoms. The fraction of sp³-hybridized carbons (Fsp3) is 0.769. The number of aliphatic hydroxyl groups excluding tert-OH is 4. The molecule has 0 bridgehead atoms. The van der Waals surface area contributed by atoms with Crippen LogP contribution in [0.15, 0.2) is 23.5 Å². The molecular weight excluding hydrogens is 504 g/mol. The van der Waals surface area contributed by atoms with Crippen LogP contribution in [0, 0.1) is 23.7 Å². The first-order chi connectivity index (χ1) is 18.0. The van der Waals surface area contributed by atoms with E-state index in [1.54, 1.807) is 19.9 Å². The second-order valence-electron chi connectivity index (χ2n) is 10.7. The van der Waals surface area contributed by atoms with Crippen LogP contribution >= 0.6 is 0 Å². The lowest BCUT2D eigenvalue weighted by Crippen LogP contribution is -2.60. The monoisotopic (exact) mass is 542 g/mol. The summed E-state index contributed by atoms with van der Waals surface area (Å²) in [6.07, 6.45) is -5.04. The molecule has 12 nitrogen and oxygen atoms in total. The second kappa shape index (κ2) is 11.6. The number of carbonyl (C=O) groups is 2. The Kier molecular flexibility index (Phi) is 8.82. The zero-order chi connectivity index (χ0) is 27.8. The van der Waals surface area contributed by atoms with Crippen molar-refractivity contribution in [3.8, 4) is 0 Å². The standard InChI is InChI=1S/C26H38O12/c1-4-14-15-7-19(28)34-11-17-12(2)5-6-26(17,33)13(3)9-35-23(32)16(15)10-36-24(14)38-25-22(31)21(30)20(29)18(8-27)37-25/h4,10,12-13,15,17-18,20-22,24-25,27,29-31,33H,5-9,11H2,1-3H3/b14-4+/t12?,13?,15?,17?,18-,20-,21+,22-,24?,25+,26?/m1/s1. The number of fused-ring (bicyclic) bond motifs is 2. The van der Waals surface area contributed by atoms with E-state index in [4.69, 9.17) is 23.7 Å². The first-order valence-electron chi connectivity index (χ1n) is 13.0. The fourth-order valence-electron chi connectivity index (χ4n) is 5.90. The third-order valence-electron chi connectivity index (χ3n) is 8.49. The Morgan fingerprint density at radius 2 is 1.84 bits per heavy atom. The van der Waals surface area contributed by atoms with Gasteiger partial charge in [-0.25, -0.2) is 4.79 Å². The maximum Gasteiger partial charge on any atom is 0.337 e. The fourth-order valence-corrected chi connectivity index (χ4v) is 5.90. The van der Waals surface area contributed by atoms with Crippen molar-refractivity contribution >= 4 is 11.9 Å².